The van der Waals surface area contributed by atoms with Gasteiger partial charge in [-0.1, -0.05) is 17.7 Å². The lowest BCUT2D eigenvalue weighted by molar-refractivity contribution is -0.138. The molecule has 0 unspecified atom stereocenters. The number of fused-ring (bicyclic) bond motifs is 1. The minimum absolute atomic E-state index is 0.426. The Kier molecular flexibility index (Phi) is 2.15. The first kappa shape index (κ1) is 9.06. The number of hydrogen-bond acceptors (Lipinski definition) is 2. The van der Waals surface area contributed by atoms with Crippen LogP contribution in [0, 0.1) is 6.92 Å². The molecule has 0 amide bonds. The molecule has 3 nitrogen and oxygen atoms in total. The van der Waals surface area contributed by atoms with Gasteiger partial charge in [0.1, 0.15) is 6.04 Å². The van der Waals surface area contributed by atoms with Crippen molar-refractivity contribution < 1.29 is 9.90 Å². The number of carboxylic acid groups (broad SMARTS) is 1. The molecule has 0 aromatic heterocycles. The van der Waals surface area contributed by atoms with Gasteiger partial charge in [-0.25, -0.2) is 4.79 Å². The topological polar surface area (TPSA) is 49.3 Å². The zero-order valence-corrected chi connectivity index (χ0v) is 8.08. The van der Waals surface area contributed by atoms with Crippen LogP contribution in [0.5, 0.6) is 0 Å². The second kappa shape index (κ2) is 3.33. The fraction of sp³-hybridized carbons (Fsp3) is 0.364. The molecule has 1 heterocycles. The third-order valence-electron chi connectivity index (χ3n) is 2.59. The van der Waals surface area contributed by atoms with Crippen LogP contribution in [-0.4, -0.2) is 17.1 Å². The lowest BCUT2D eigenvalue weighted by Gasteiger charge is -2.24. The van der Waals surface area contributed by atoms with Crippen LogP contribution in [-0.2, 0) is 11.2 Å². The van der Waals surface area contributed by atoms with E-state index in [1.54, 1.807) is 0 Å². The summed E-state index contributed by atoms with van der Waals surface area (Å²) in [6.45, 7) is 2.05. The van der Waals surface area contributed by atoms with Crippen molar-refractivity contribution in [1.82, 2.24) is 0 Å². The van der Waals surface area contributed by atoms with Gasteiger partial charge in [0.25, 0.3) is 0 Å². The van der Waals surface area contributed by atoms with Gasteiger partial charge in [0.05, 0.1) is 0 Å². The Morgan fingerprint density at radius 2 is 2.36 bits per heavy atom. The van der Waals surface area contributed by atoms with Crippen molar-refractivity contribution in [1.29, 1.82) is 0 Å². The van der Waals surface area contributed by atoms with Crippen LogP contribution in [0.4, 0.5) is 5.69 Å². The Hall–Kier alpha value is -1.51. The smallest absolute Gasteiger partial charge is 0.326 e. The number of hydrogen-bond donors (Lipinski definition) is 2. The van der Waals surface area contributed by atoms with E-state index in [1.165, 1.54) is 11.1 Å². The Morgan fingerprint density at radius 3 is 3.07 bits per heavy atom. The molecule has 1 aliphatic rings. The fourth-order valence-corrected chi connectivity index (χ4v) is 1.82. The van der Waals surface area contributed by atoms with E-state index in [-0.39, 0.29) is 0 Å². The first-order valence-electron chi connectivity index (χ1n) is 4.75. The summed E-state index contributed by atoms with van der Waals surface area (Å²) in [5, 5.41) is 11.9. The summed E-state index contributed by atoms with van der Waals surface area (Å²) in [5.74, 6) is -0.767. The highest BCUT2D eigenvalue weighted by Gasteiger charge is 2.22. The Labute approximate surface area is 82.8 Å². The first-order chi connectivity index (χ1) is 6.66. The summed E-state index contributed by atoms with van der Waals surface area (Å²) < 4.78 is 0. The molecule has 74 valence electrons. The highest BCUT2D eigenvalue weighted by molar-refractivity contribution is 5.78. The molecule has 1 aromatic carbocycles. The number of nitrogens with one attached hydrogen (secondary N) is 1. The summed E-state index contributed by atoms with van der Waals surface area (Å²) in [5.41, 5.74) is 3.41. The second-order valence-electron chi connectivity index (χ2n) is 3.73. The van der Waals surface area contributed by atoms with Crippen LogP contribution in [0.2, 0.25) is 0 Å². The van der Waals surface area contributed by atoms with Crippen molar-refractivity contribution in [2.24, 2.45) is 0 Å². The average molecular weight is 191 g/mol. The van der Waals surface area contributed by atoms with Crippen LogP contribution < -0.4 is 5.32 Å². The van der Waals surface area contributed by atoms with Crippen LogP contribution >= 0.6 is 0 Å². The molecule has 0 saturated carbocycles. The standard InChI is InChI=1S/C11H13NO2/c1-7-2-4-9-8(6-7)3-5-10(12-9)11(13)14/h2,4,6,10,12H,3,5H2,1H3,(H,13,14)/t10-/m1/s1. The number of rotatable bonds is 1. The summed E-state index contributed by atoms with van der Waals surface area (Å²) in [6, 6.07) is 5.64. The van der Waals surface area contributed by atoms with Gasteiger partial charge in [0.15, 0.2) is 0 Å². The molecule has 3 heteroatoms. The molecule has 0 radical (unpaired) electrons. The molecule has 0 saturated heterocycles. The third-order valence-corrected chi connectivity index (χ3v) is 2.59. The van der Waals surface area contributed by atoms with Gasteiger partial charge in [0, 0.05) is 5.69 Å². The SMILES string of the molecule is Cc1ccc2c(c1)CC[C@H](C(=O)O)N2. The zero-order valence-electron chi connectivity index (χ0n) is 8.08. The second-order valence-corrected chi connectivity index (χ2v) is 3.73. The van der Waals surface area contributed by atoms with E-state index >= 15 is 0 Å². The van der Waals surface area contributed by atoms with Gasteiger partial charge < -0.3 is 10.4 Å². The van der Waals surface area contributed by atoms with Gasteiger partial charge in [0.2, 0.25) is 0 Å². The lowest BCUT2D eigenvalue weighted by atomic mass is 9.97. The summed E-state index contributed by atoms with van der Waals surface area (Å²) >= 11 is 0. The molecule has 1 aromatic rings. The van der Waals surface area contributed by atoms with Gasteiger partial charge in [-0.15, -0.1) is 0 Å². The number of aliphatic carboxylic acids is 1. The van der Waals surface area contributed by atoms with Crippen molar-refractivity contribution in [2.45, 2.75) is 25.8 Å². The van der Waals surface area contributed by atoms with E-state index < -0.39 is 12.0 Å². The molecule has 0 fully saturated rings. The molecular weight excluding hydrogens is 178 g/mol. The molecule has 1 atom stereocenters. The van der Waals surface area contributed by atoms with Crippen LogP contribution in [0.3, 0.4) is 0 Å². The lowest BCUT2D eigenvalue weighted by Crippen LogP contribution is -2.33. The number of anilines is 1. The highest BCUT2D eigenvalue weighted by atomic mass is 16.4. The summed E-state index contributed by atoms with van der Waals surface area (Å²) in [7, 11) is 0. The zero-order chi connectivity index (χ0) is 10.1. The maximum absolute atomic E-state index is 10.8. The van der Waals surface area contributed by atoms with Crippen molar-refractivity contribution in [3.63, 3.8) is 0 Å². The number of carboxylic acids is 1. The molecule has 0 aliphatic carbocycles. The van der Waals surface area contributed by atoms with E-state index in [1.807, 2.05) is 19.1 Å². The normalized spacial score (nSPS) is 19.6. The number of carbonyl (C=O) groups is 1. The van der Waals surface area contributed by atoms with E-state index in [0.717, 1.165) is 12.1 Å². The molecule has 0 bridgehead atoms. The van der Waals surface area contributed by atoms with Crippen molar-refractivity contribution in [3.05, 3.63) is 29.3 Å². The van der Waals surface area contributed by atoms with Crippen LogP contribution in [0.25, 0.3) is 0 Å². The highest BCUT2D eigenvalue weighted by Crippen LogP contribution is 2.25. The molecule has 0 spiro atoms. The Balaban J connectivity index is 2.27. The van der Waals surface area contributed by atoms with Crippen LogP contribution in [0.15, 0.2) is 18.2 Å². The molecule has 2 rings (SSSR count). The van der Waals surface area contributed by atoms with E-state index in [9.17, 15) is 4.79 Å². The minimum Gasteiger partial charge on any atom is -0.480 e. The van der Waals surface area contributed by atoms with E-state index in [0.29, 0.717) is 6.42 Å². The Bertz CT molecular complexity index is 374. The summed E-state index contributed by atoms with van der Waals surface area (Å²) in [4.78, 5) is 10.8. The largest absolute Gasteiger partial charge is 0.480 e. The van der Waals surface area contributed by atoms with Crippen molar-refractivity contribution >= 4 is 11.7 Å². The maximum atomic E-state index is 10.8. The van der Waals surface area contributed by atoms with E-state index in [2.05, 4.69) is 11.4 Å². The molecular formula is C11H13NO2. The van der Waals surface area contributed by atoms with Gasteiger partial charge in [-0.2, -0.15) is 0 Å². The van der Waals surface area contributed by atoms with Crippen molar-refractivity contribution in [3.8, 4) is 0 Å². The van der Waals surface area contributed by atoms with Crippen LogP contribution in [0.1, 0.15) is 17.5 Å². The third kappa shape index (κ3) is 1.58. The summed E-state index contributed by atoms with van der Waals surface area (Å²) in [6.07, 6.45) is 1.52. The first-order valence-corrected chi connectivity index (χ1v) is 4.75. The predicted molar refractivity (Wildman–Crippen MR) is 54.5 cm³/mol. The molecule has 2 N–H and O–H groups in total. The fourth-order valence-electron chi connectivity index (χ4n) is 1.82. The predicted octanol–water partition coefficient (Wildman–Crippen LogP) is 1.81. The Morgan fingerprint density at radius 1 is 1.57 bits per heavy atom. The number of aryl methyl sites for hydroxylation is 2. The molecule has 14 heavy (non-hydrogen) atoms. The van der Waals surface area contributed by atoms with Crippen molar-refractivity contribution in [2.75, 3.05) is 5.32 Å². The maximum Gasteiger partial charge on any atom is 0.326 e. The van der Waals surface area contributed by atoms with Gasteiger partial charge in [-0.3, -0.25) is 0 Å². The van der Waals surface area contributed by atoms with E-state index in [4.69, 9.17) is 5.11 Å². The number of benzene rings is 1. The molecule has 1 aliphatic heterocycles. The average Bonchev–Trinajstić information content (AvgIpc) is 2.16. The van der Waals surface area contributed by atoms with Gasteiger partial charge >= 0.3 is 5.97 Å². The van der Waals surface area contributed by atoms with Gasteiger partial charge in [-0.05, 0) is 31.4 Å². The monoisotopic (exact) mass is 191 g/mol. The quantitative estimate of drug-likeness (QED) is 0.711. The minimum atomic E-state index is -0.767.